The number of hydrogen-bond donors (Lipinski definition) is 1. The minimum absolute atomic E-state index is 0.638. The van der Waals surface area contributed by atoms with Gasteiger partial charge in [0.05, 0.1) is 0 Å². The first kappa shape index (κ1) is 16.5. The molecule has 21 heavy (non-hydrogen) atoms. The molecular weight excluding hydrogens is 346 g/mol. The zero-order valence-electron chi connectivity index (χ0n) is 12.8. The van der Waals surface area contributed by atoms with Gasteiger partial charge in [0.15, 0.2) is 0 Å². The first-order chi connectivity index (χ1) is 10.1. The monoisotopic (exact) mass is 367 g/mol. The molecule has 0 bridgehead atoms. The van der Waals surface area contributed by atoms with Crippen molar-refractivity contribution in [2.75, 3.05) is 6.54 Å². The van der Waals surface area contributed by atoms with Crippen LogP contribution in [0.25, 0.3) is 0 Å². The fourth-order valence-corrected chi connectivity index (χ4v) is 3.26. The molecule has 0 amide bonds. The van der Waals surface area contributed by atoms with E-state index >= 15 is 0 Å². The molecule has 0 fully saturated rings. The van der Waals surface area contributed by atoms with Gasteiger partial charge in [-0.3, -0.25) is 0 Å². The summed E-state index contributed by atoms with van der Waals surface area (Å²) in [5.74, 6) is 0.937. The molecule has 1 heterocycles. The Morgan fingerprint density at radius 1 is 1.14 bits per heavy atom. The molecule has 2 nitrogen and oxygen atoms in total. The van der Waals surface area contributed by atoms with Gasteiger partial charge in [-0.15, -0.1) is 11.3 Å². The highest BCUT2D eigenvalue weighted by Gasteiger charge is 2.05. The van der Waals surface area contributed by atoms with Gasteiger partial charge in [-0.05, 0) is 62.2 Å². The highest BCUT2D eigenvalue weighted by atomic mass is 79.9. The van der Waals surface area contributed by atoms with Gasteiger partial charge < -0.3 is 10.1 Å². The van der Waals surface area contributed by atoms with Crippen molar-refractivity contribution in [2.24, 2.45) is 0 Å². The maximum absolute atomic E-state index is 5.92. The lowest BCUT2D eigenvalue weighted by molar-refractivity contribution is 0.309. The van der Waals surface area contributed by atoms with Gasteiger partial charge in [0.1, 0.15) is 12.4 Å². The summed E-state index contributed by atoms with van der Waals surface area (Å²) < 4.78 is 7.08. The Hall–Kier alpha value is -0.840. The van der Waals surface area contributed by atoms with Crippen molar-refractivity contribution in [3.05, 3.63) is 49.6 Å². The summed E-state index contributed by atoms with van der Waals surface area (Å²) in [7, 11) is 0. The van der Waals surface area contributed by atoms with Crippen molar-refractivity contribution in [1.82, 2.24) is 5.32 Å². The van der Waals surface area contributed by atoms with E-state index in [1.165, 1.54) is 27.3 Å². The van der Waals surface area contributed by atoms with Gasteiger partial charge in [-0.25, -0.2) is 0 Å². The maximum Gasteiger partial charge on any atom is 0.122 e. The minimum atomic E-state index is 0.638. The van der Waals surface area contributed by atoms with Crippen molar-refractivity contribution in [3.63, 3.8) is 0 Å². The third-order valence-electron chi connectivity index (χ3n) is 3.23. The van der Waals surface area contributed by atoms with E-state index < -0.39 is 0 Å². The molecule has 0 aliphatic carbocycles. The summed E-state index contributed by atoms with van der Waals surface area (Å²) >= 11 is 5.40. The van der Waals surface area contributed by atoms with Crippen molar-refractivity contribution < 1.29 is 4.74 Å². The van der Waals surface area contributed by atoms with Crippen molar-refractivity contribution in [3.8, 4) is 5.75 Å². The molecule has 1 aromatic heterocycles. The number of ether oxygens (including phenoxy) is 1. The molecule has 2 rings (SSSR count). The number of aryl methyl sites for hydroxylation is 2. The third kappa shape index (κ3) is 4.83. The van der Waals surface area contributed by atoms with Gasteiger partial charge in [-0.1, -0.05) is 22.9 Å². The van der Waals surface area contributed by atoms with E-state index in [2.05, 4.69) is 66.3 Å². The largest absolute Gasteiger partial charge is 0.488 e. The zero-order chi connectivity index (χ0) is 15.2. The SMILES string of the molecule is CCCNCc1ccc(COc2cc(C)c(Br)c(C)c2)s1. The van der Waals surface area contributed by atoms with Crippen LogP contribution in [-0.4, -0.2) is 6.54 Å². The van der Waals surface area contributed by atoms with Crippen LogP contribution < -0.4 is 10.1 Å². The normalized spacial score (nSPS) is 10.9. The van der Waals surface area contributed by atoms with E-state index in [4.69, 9.17) is 4.74 Å². The Morgan fingerprint density at radius 3 is 2.48 bits per heavy atom. The van der Waals surface area contributed by atoms with Crippen LogP contribution in [-0.2, 0) is 13.2 Å². The second-order valence-electron chi connectivity index (χ2n) is 5.20. The third-order valence-corrected chi connectivity index (χ3v) is 5.54. The number of benzene rings is 1. The lowest BCUT2D eigenvalue weighted by atomic mass is 10.1. The van der Waals surface area contributed by atoms with Crippen molar-refractivity contribution in [2.45, 2.75) is 40.3 Å². The topological polar surface area (TPSA) is 21.3 Å². The molecule has 0 aliphatic heterocycles. The summed E-state index contributed by atoms with van der Waals surface area (Å²) in [6, 6.07) is 8.50. The number of hydrogen-bond acceptors (Lipinski definition) is 3. The smallest absolute Gasteiger partial charge is 0.122 e. The zero-order valence-corrected chi connectivity index (χ0v) is 15.2. The standard InChI is InChI=1S/C17H22BrNOS/c1-4-7-19-10-15-5-6-16(21-15)11-20-14-8-12(2)17(18)13(3)9-14/h5-6,8-9,19H,4,7,10-11H2,1-3H3. The summed E-state index contributed by atoms with van der Waals surface area (Å²) in [6.07, 6.45) is 1.17. The molecule has 114 valence electrons. The van der Waals surface area contributed by atoms with E-state index in [0.29, 0.717) is 6.61 Å². The molecule has 0 saturated carbocycles. The average Bonchev–Trinajstić information content (AvgIpc) is 2.90. The maximum atomic E-state index is 5.92. The van der Waals surface area contributed by atoms with Crippen molar-refractivity contribution in [1.29, 1.82) is 0 Å². The second kappa shape index (κ2) is 7.97. The molecule has 0 aliphatic rings. The molecule has 0 radical (unpaired) electrons. The van der Waals surface area contributed by atoms with Crippen LogP contribution in [0.2, 0.25) is 0 Å². The molecule has 1 aromatic carbocycles. The van der Waals surface area contributed by atoms with Crippen molar-refractivity contribution >= 4 is 27.3 Å². The van der Waals surface area contributed by atoms with Crippen LogP contribution in [0.3, 0.4) is 0 Å². The van der Waals surface area contributed by atoms with Crippen LogP contribution >= 0.6 is 27.3 Å². The fraction of sp³-hybridized carbons (Fsp3) is 0.412. The molecule has 4 heteroatoms. The van der Waals surface area contributed by atoms with E-state index in [0.717, 1.165) is 23.3 Å². The van der Waals surface area contributed by atoms with Crippen LogP contribution in [0, 0.1) is 13.8 Å². The predicted octanol–water partition coefficient (Wildman–Crippen LogP) is 5.21. The highest BCUT2D eigenvalue weighted by molar-refractivity contribution is 9.10. The Bertz CT molecular complexity index is 571. The van der Waals surface area contributed by atoms with Crippen LogP contribution in [0.5, 0.6) is 5.75 Å². The first-order valence-electron chi connectivity index (χ1n) is 7.28. The molecule has 0 spiro atoms. The summed E-state index contributed by atoms with van der Waals surface area (Å²) in [6.45, 7) is 9.03. The lowest BCUT2D eigenvalue weighted by Gasteiger charge is -2.09. The van der Waals surface area contributed by atoms with E-state index in [9.17, 15) is 0 Å². The molecule has 0 unspecified atom stereocenters. The quantitative estimate of drug-likeness (QED) is 0.678. The fourth-order valence-electron chi connectivity index (χ4n) is 2.13. The van der Waals surface area contributed by atoms with E-state index in [1.807, 2.05) is 11.3 Å². The highest BCUT2D eigenvalue weighted by Crippen LogP contribution is 2.27. The van der Waals surface area contributed by atoms with Crippen LogP contribution in [0.1, 0.15) is 34.2 Å². The average molecular weight is 368 g/mol. The number of rotatable bonds is 7. The van der Waals surface area contributed by atoms with Gasteiger partial charge in [0.25, 0.3) is 0 Å². The molecular formula is C17H22BrNOS. The molecule has 0 atom stereocenters. The van der Waals surface area contributed by atoms with Crippen LogP contribution in [0.15, 0.2) is 28.7 Å². The summed E-state index contributed by atoms with van der Waals surface area (Å²) in [4.78, 5) is 2.63. The number of thiophene rings is 1. The first-order valence-corrected chi connectivity index (χ1v) is 8.89. The second-order valence-corrected chi connectivity index (χ2v) is 7.25. The van der Waals surface area contributed by atoms with Gasteiger partial charge in [0, 0.05) is 20.8 Å². The van der Waals surface area contributed by atoms with Crippen LogP contribution in [0.4, 0.5) is 0 Å². The van der Waals surface area contributed by atoms with Gasteiger partial charge >= 0.3 is 0 Å². The Kier molecular flexibility index (Phi) is 6.27. The Morgan fingerprint density at radius 2 is 1.81 bits per heavy atom. The minimum Gasteiger partial charge on any atom is -0.488 e. The summed E-state index contributed by atoms with van der Waals surface area (Å²) in [5.41, 5.74) is 2.42. The molecule has 0 saturated heterocycles. The van der Waals surface area contributed by atoms with E-state index in [-0.39, 0.29) is 0 Å². The summed E-state index contributed by atoms with van der Waals surface area (Å²) in [5, 5.41) is 3.42. The van der Waals surface area contributed by atoms with Gasteiger partial charge in [0.2, 0.25) is 0 Å². The Balaban J connectivity index is 1.91. The van der Waals surface area contributed by atoms with Gasteiger partial charge in [-0.2, -0.15) is 0 Å². The number of nitrogens with one attached hydrogen (secondary N) is 1. The molecule has 2 aromatic rings. The lowest BCUT2D eigenvalue weighted by Crippen LogP contribution is -2.12. The Labute approximate surface area is 139 Å². The predicted molar refractivity (Wildman–Crippen MR) is 94.3 cm³/mol. The molecule has 1 N–H and O–H groups in total. The van der Waals surface area contributed by atoms with E-state index in [1.54, 1.807) is 0 Å². The number of halogens is 1.